The molecule has 1 aromatic carbocycles. The van der Waals surface area contributed by atoms with Gasteiger partial charge in [0.2, 0.25) is 0 Å². The molecular weight excluding hydrogens is 480 g/mol. The van der Waals surface area contributed by atoms with Crippen LogP contribution < -0.4 is 5.48 Å². The average Bonchev–Trinajstić information content (AvgIpc) is 3.27. The third kappa shape index (κ3) is 5.11. The van der Waals surface area contributed by atoms with E-state index in [4.69, 9.17) is 26.7 Å². The summed E-state index contributed by atoms with van der Waals surface area (Å²) in [5, 5.41) is 29.5. The first-order valence-electron chi connectivity index (χ1n) is 12.7. The molecule has 1 aliphatic carbocycles. The maximum absolute atomic E-state index is 11.5. The van der Waals surface area contributed by atoms with Crippen molar-refractivity contribution in [1.82, 2.24) is 25.0 Å². The van der Waals surface area contributed by atoms with Gasteiger partial charge in [0, 0.05) is 30.3 Å². The number of hydrogen-bond acceptors (Lipinski definition) is 7. The fourth-order valence-corrected chi connectivity index (χ4v) is 5.66. The van der Waals surface area contributed by atoms with Crippen molar-refractivity contribution in [2.75, 3.05) is 13.2 Å². The summed E-state index contributed by atoms with van der Waals surface area (Å²) < 4.78 is 7.62. The van der Waals surface area contributed by atoms with Gasteiger partial charge in [-0.05, 0) is 55.6 Å². The summed E-state index contributed by atoms with van der Waals surface area (Å²) in [7, 11) is 0. The van der Waals surface area contributed by atoms with Crippen LogP contribution in [0.2, 0.25) is 5.02 Å². The third-order valence-electron chi connectivity index (χ3n) is 7.62. The number of nitrogens with zero attached hydrogens (tertiary/aromatic N) is 4. The molecule has 1 saturated heterocycles. The molecule has 1 aliphatic heterocycles. The van der Waals surface area contributed by atoms with Gasteiger partial charge in [0.25, 0.3) is 0 Å². The van der Waals surface area contributed by atoms with Crippen molar-refractivity contribution in [1.29, 1.82) is 5.41 Å². The van der Waals surface area contributed by atoms with Gasteiger partial charge in [-0.2, -0.15) is 0 Å². The zero-order valence-electron chi connectivity index (χ0n) is 20.5. The highest BCUT2D eigenvalue weighted by molar-refractivity contribution is 6.30. The fraction of sp³-hybridized carbons (Fsp3) is 0.538. The Labute approximate surface area is 215 Å². The first kappa shape index (κ1) is 25.1. The molecule has 5 rings (SSSR count). The molecule has 2 aromatic heterocycles. The summed E-state index contributed by atoms with van der Waals surface area (Å²) in [4.78, 5) is 14.0. The van der Waals surface area contributed by atoms with Crippen LogP contribution in [0.3, 0.4) is 0 Å². The van der Waals surface area contributed by atoms with Crippen LogP contribution in [0.5, 0.6) is 0 Å². The number of halogens is 1. The maximum Gasteiger partial charge on any atom is 0.199 e. The molecule has 10 heteroatoms. The number of aliphatic hydroxyl groups is 1. The van der Waals surface area contributed by atoms with Crippen LogP contribution in [0.25, 0.3) is 22.4 Å². The number of ether oxygens (including phenoxy) is 1. The fourth-order valence-electron chi connectivity index (χ4n) is 5.47. The van der Waals surface area contributed by atoms with Crippen LogP contribution in [0, 0.1) is 23.2 Å². The Hall–Kier alpha value is -2.59. The molecule has 4 N–H and O–H groups in total. The Kier molecular flexibility index (Phi) is 7.52. The smallest absolute Gasteiger partial charge is 0.199 e. The van der Waals surface area contributed by atoms with E-state index < -0.39 is 6.10 Å². The molecule has 0 amide bonds. The third-order valence-corrected chi connectivity index (χ3v) is 7.85. The molecule has 192 valence electrons. The molecule has 3 aromatic rings. The second-order valence-electron chi connectivity index (χ2n) is 10.2. The van der Waals surface area contributed by atoms with Crippen molar-refractivity contribution in [3.8, 4) is 11.3 Å². The van der Waals surface area contributed by atoms with E-state index in [1.807, 2.05) is 23.7 Å². The average molecular weight is 513 g/mol. The van der Waals surface area contributed by atoms with Crippen LogP contribution in [0.15, 0.2) is 24.3 Å². The van der Waals surface area contributed by atoms with Gasteiger partial charge < -0.3 is 14.4 Å². The minimum atomic E-state index is -0.767. The SMILES string of the molecule is C[C@H]1CC[C@H](Cn2c(C(O)C3CCOCC3)nc3nc(C(=N)NO)nc(-c4cccc(Cl)c4)c32)CC1. The molecule has 0 radical (unpaired) electrons. The molecule has 1 unspecified atom stereocenters. The number of fused-ring (bicyclic) bond motifs is 1. The Bertz CT molecular complexity index is 1230. The number of aromatic nitrogens is 4. The molecule has 36 heavy (non-hydrogen) atoms. The van der Waals surface area contributed by atoms with Crippen molar-refractivity contribution < 1.29 is 15.1 Å². The van der Waals surface area contributed by atoms with Crippen molar-refractivity contribution in [3.63, 3.8) is 0 Å². The minimum Gasteiger partial charge on any atom is -0.385 e. The zero-order valence-corrected chi connectivity index (χ0v) is 21.2. The first-order valence-corrected chi connectivity index (χ1v) is 13.1. The molecule has 2 aliphatic rings. The van der Waals surface area contributed by atoms with E-state index in [1.165, 1.54) is 12.8 Å². The van der Waals surface area contributed by atoms with E-state index >= 15 is 0 Å². The Morgan fingerprint density at radius 1 is 1.17 bits per heavy atom. The number of rotatable bonds is 6. The van der Waals surface area contributed by atoms with Gasteiger partial charge >= 0.3 is 0 Å². The van der Waals surface area contributed by atoms with Crippen LogP contribution >= 0.6 is 11.6 Å². The van der Waals surface area contributed by atoms with Crippen molar-refractivity contribution in [2.45, 2.75) is 58.1 Å². The lowest BCUT2D eigenvalue weighted by atomic mass is 9.83. The molecule has 0 spiro atoms. The van der Waals surface area contributed by atoms with Crippen LogP contribution in [-0.4, -0.2) is 48.9 Å². The summed E-state index contributed by atoms with van der Waals surface area (Å²) >= 11 is 6.33. The van der Waals surface area contributed by atoms with E-state index in [1.54, 1.807) is 6.07 Å². The Morgan fingerprint density at radius 3 is 2.61 bits per heavy atom. The molecule has 3 heterocycles. The minimum absolute atomic E-state index is 0.0169. The normalized spacial score (nSPS) is 22.0. The highest BCUT2D eigenvalue weighted by Crippen LogP contribution is 2.37. The number of aliphatic hydroxyl groups excluding tert-OH is 1. The number of amidine groups is 1. The topological polar surface area (TPSA) is 129 Å². The van der Waals surface area contributed by atoms with Gasteiger partial charge in [0.15, 0.2) is 17.3 Å². The van der Waals surface area contributed by atoms with Crippen LogP contribution in [0.1, 0.15) is 63.2 Å². The highest BCUT2D eigenvalue weighted by Gasteiger charge is 2.31. The number of imidazole rings is 1. The zero-order chi connectivity index (χ0) is 25.2. The lowest BCUT2D eigenvalue weighted by Gasteiger charge is -2.30. The largest absolute Gasteiger partial charge is 0.385 e. The van der Waals surface area contributed by atoms with E-state index in [2.05, 4.69) is 21.5 Å². The van der Waals surface area contributed by atoms with E-state index in [0.717, 1.165) is 37.2 Å². The standard InChI is InChI=1S/C26H33ClN6O3/c1-15-5-7-16(8-6-15)14-33-21-20(18-3-2-4-19(27)13-18)29-25(23(28)32-35)30-24(21)31-26(33)22(34)17-9-11-36-12-10-17/h2-4,13,15-17,22,34-35H,5-12,14H2,1H3,(H2,28,32)/t15-,16-,22?. The summed E-state index contributed by atoms with van der Waals surface area (Å²) in [6, 6.07) is 7.36. The van der Waals surface area contributed by atoms with E-state index in [0.29, 0.717) is 53.4 Å². The molecule has 1 atom stereocenters. The molecular formula is C26H33ClN6O3. The van der Waals surface area contributed by atoms with Gasteiger partial charge in [0.05, 0.1) is 0 Å². The van der Waals surface area contributed by atoms with Gasteiger partial charge in [-0.3, -0.25) is 10.6 Å². The molecule has 2 fully saturated rings. The molecule has 0 bridgehead atoms. The number of hydroxylamine groups is 1. The number of nitrogens with one attached hydrogen (secondary N) is 2. The monoisotopic (exact) mass is 512 g/mol. The number of benzene rings is 1. The predicted octanol–water partition coefficient (Wildman–Crippen LogP) is 4.74. The quantitative estimate of drug-likeness (QED) is 0.213. The van der Waals surface area contributed by atoms with Crippen molar-refractivity contribution >= 4 is 28.6 Å². The van der Waals surface area contributed by atoms with E-state index in [-0.39, 0.29) is 17.6 Å². The summed E-state index contributed by atoms with van der Waals surface area (Å²) in [6.07, 6.45) is 5.39. The highest BCUT2D eigenvalue weighted by atomic mass is 35.5. The predicted molar refractivity (Wildman–Crippen MR) is 137 cm³/mol. The van der Waals surface area contributed by atoms with Crippen molar-refractivity contribution in [3.05, 3.63) is 40.9 Å². The summed E-state index contributed by atoms with van der Waals surface area (Å²) in [6.45, 7) is 4.27. The van der Waals surface area contributed by atoms with Crippen LogP contribution in [0.4, 0.5) is 0 Å². The number of hydrogen-bond donors (Lipinski definition) is 4. The van der Waals surface area contributed by atoms with Crippen molar-refractivity contribution in [2.24, 2.45) is 17.8 Å². The lowest BCUT2D eigenvalue weighted by Crippen LogP contribution is -2.26. The molecule has 1 saturated carbocycles. The second-order valence-corrected chi connectivity index (χ2v) is 10.6. The van der Waals surface area contributed by atoms with Gasteiger partial charge in [0.1, 0.15) is 23.1 Å². The van der Waals surface area contributed by atoms with Gasteiger partial charge in [-0.15, -0.1) is 0 Å². The lowest BCUT2D eigenvalue weighted by molar-refractivity contribution is 0.00228. The van der Waals surface area contributed by atoms with E-state index in [9.17, 15) is 10.3 Å². The maximum atomic E-state index is 11.5. The van der Waals surface area contributed by atoms with Gasteiger partial charge in [-0.25, -0.2) is 20.4 Å². The Balaban J connectivity index is 1.69. The van der Waals surface area contributed by atoms with Gasteiger partial charge in [-0.1, -0.05) is 43.5 Å². The van der Waals surface area contributed by atoms with Crippen LogP contribution in [-0.2, 0) is 11.3 Å². The Morgan fingerprint density at radius 2 is 1.92 bits per heavy atom. The summed E-state index contributed by atoms with van der Waals surface area (Å²) in [5.74, 6) is 1.50. The summed E-state index contributed by atoms with van der Waals surface area (Å²) in [5.41, 5.74) is 4.27. The second kappa shape index (κ2) is 10.8. The first-order chi connectivity index (χ1) is 17.4. The molecule has 9 nitrogen and oxygen atoms in total.